The first-order valence-electron chi connectivity index (χ1n) is 3.86. The molecule has 0 spiro atoms. The SMILES string of the molecule is O=C(O)CC(O)c1c(Cl)cccc1Br. The average molecular weight is 280 g/mol. The lowest BCUT2D eigenvalue weighted by Crippen LogP contribution is -2.06. The number of carbonyl (C=O) groups is 1. The van der Waals surface area contributed by atoms with Gasteiger partial charge in [-0.3, -0.25) is 4.79 Å². The summed E-state index contributed by atoms with van der Waals surface area (Å²) in [6.45, 7) is 0. The molecule has 5 heteroatoms. The van der Waals surface area contributed by atoms with Crippen molar-refractivity contribution in [3.63, 3.8) is 0 Å². The van der Waals surface area contributed by atoms with E-state index in [0.717, 1.165) is 0 Å². The van der Waals surface area contributed by atoms with Crippen molar-refractivity contribution < 1.29 is 15.0 Å². The number of rotatable bonds is 3. The topological polar surface area (TPSA) is 57.5 Å². The van der Waals surface area contributed by atoms with Gasteiger partial charge in [-0.25, -0.2) is 0 Å². The van der Waals surface area contributed by atoms with Gasteiger partial charge in [0.25, 0.3) is 0 Å². The van der Waals surface area contributed by atoms with Gasteiger partial charge in [-0.1, -0.05) is 33.6 Å². The molecule has 0 aliphatic heterocycles. The van der Waals surface area contributed by atoms with Crippen LogP contribution in [0.2, 0.25) is 5.02 Å². The van der Waals surface area contributed by atoms with Gasteiger partial charge in [0.05, 0.1) is 12.5 Å². The first kappa shape index (κ1) is 11.5. The molecule has 0 aliphatic rings. The molecule has 1 atom stereocenters. The lowest BCUT2D eigenvalue weighted by molar-refractivity contribution is -0.139. The zero-order valence-corrected chi connectivity index (χ0v) is 9.42. The second-order valence-corrected chi connectivity index (χ2v) is 4.01. The van der Waals surface area contributed by atoms with E-state index in [-0.39, 0.29) is 6.42 Å². The van der Waals surface area contributed by atoms with E-state index >= 15 is 0 Å². The van der Waals surface area contributed by atoms with Gasteiger partial charge >= 0.3 is 5.97 Å². The van der Waals surface area contributed by atoms with Gasteiger partial charge in [0.15, 0.2) is 0 Å². The molecule has 1 aromatic rings. The first-order chi connectivity index (χ1) is 6.52. The van der Waals surface area contributed by atoms with Crippen LogP contribution in [-0.4, -0.2) is 16.2 Å². The van der Waals surface area contributed by atoms with Crippen molar-refractivity contribution in [3.05, 3.63) is 33.3 Å². The number of aliphatic hydroxyl groups excluding tert-OH is 1. The van der Waals surface area contributed by atoms with E-state index in [1.807, 2.05) is 0 Å². The van der Waals surface area contributed by atoms with Gasteiger partial charge in [-0.15, -0.1) is 0 Å². The van der Waals surface area contributed by atoms with Crippen molar-refractivity contribution in [2.75, 3.05) is 0 Å². The second kappa shape index (κ2) is 4.77. The number of benzene rings is 1. The summed E-state index contributed by atoms with van der Waals surface area (Å²) in [6, 6.07) is 5.02. The van der Waals surface area contributed by atoms with Crippen LogP contribution in [0.5, 0.6) is 0 Å². The Morgan fingerprint density at radius 1 is 1.57 bits per heavy atom. The van der Waals surface area contributed by atoms with Crippen molar-refractivity contribution in [1.82, 2.24) is 0 Å². The molecule has 0 fully saturated rings. The van der Waals surface area contributed by atoms with Crippen molar-refractivity contribution in [2.24, 2.45) is 0 Å². The Bertz CT molecular complexity index is 334. The predicted octanol–water partition coefficient (Wildman–Crippen LogP) is 2.61. The van der Waals surface area contributed by atoms with Gasteiger partial charge in [0.2, 0.25) is 0 Å². The Morgan fingerprint density at radius 2 is 2.21 bits per heavy atom. The number of hydrogen-bond acceptors (Lipinski definition) is 2. The summed E-state index contributed by atoms with van der Waals surface area (Å²) in [6.07, 6.45) is -1.45. The minimum absolute atomic E-state index is 0.355. The van der Waals surface area contributed by atoms with Crippen LogP contribution in [0.1, 0.15) is 18.1 Å². The number of carboxylic acid groups (broad SMARTS) is 1. The van der Waals surface area contributed by atoms with Crippen LogP contribution in [0.15, 0.2) is 22.7 Å². The molecule has 1 aromatic carbocycles. The zero-order chi connectivity index (χ0) is 10.7. The van der Waals surface area contributed by atoms with Crippen LogP contribution < -0.4 is 0 Å². The molecule has 14 heavy (non-hydrogen) atoms. The molecule has 0 amide bonds. The van der Waals surface area contributed by atoms with Crippen molar-refractivity contribution in [1.29, 1.82) is 0 Å². The van der Waals surface area contributed by atoms with E-state index in [9.17, 15) is 9.90 Å². The number of aliphatic hydroxyl groups is 1. The summed E-state index contributed by atoms with van der Waals surface area (Å²) in [5.74, 6) is -1.07. The second-order valence-electron chi connectivity index (χ2n) is 2.75. The fourth-order valence-electron chi connectivity index (χ4n) is 1.10. The van der Waals surface area contributed by atoms with Crippen LogP contribution in [0.3, 0.4) is 0 Å². The van der Waals surface area contributed by atoms with E-state index < -0.39 is 12.1 Å². The highest BCUT2D eigenvalue weighted by molar-refractivity contribution is 9.10. The molecule has 76 valence electrons. The third-order valence-corrected chi connectivity index (χ3v) is 2.72. The molecule has 0 radical (unpaired) electrons. The summed E-state index contributed by atoms with van der Waals surface area (Å²) in [5, 5.41) is 18.4. The number of hydrogen-bond donors (Lipinski definition) is 2. The lowest BCUT2D eigenvalue weighted by atomic mass is 10.1. The van der Waals surface area contributed by atoms with E-state index in [1.165, 1.54) is 0 Å². The average Bonchev–Trinajstić information content (AvgIpc) is 2.01. The minimum atomic E-state index is -1.09. The largest absolute Gasteiger partial charge is 0.481 e. The molecular weight excluding hydrogens is 271 g/mol. The fourth-order valence-corrected chi connectivity index (χ4v) is 2.14. The Morgan fingerprint density at radius 3 is 2.71 bits per heavy atom. The smallest absolute Gasteiger partial charge is 0.306 e. The van der Waals surface area contributed by atoms with Crippen molar-refractivity contribution >= 4 is 33.5 Å². The summed E-state index contributed by atoms with van der Waals surface area (Å²) in [4.78, 5) is 10.4. The maximum atomic E-state index is 10.4. The monoisotopic (exact) mass is 278 g/mol. The maximum absolute atomic E-state index is 10.4. The Balaban J connectivity index is 2.99. The zero-order valence-electron chi connectivity index (χ0n) is 7.08. The summed E-state index contributed by atoms with van der Waals surface area (Å²) >= 11 is 9.03. The van der Waals surface area contributed by atoms with E-state index in [0.29, 0.717) is 15.1 Å². The fraction of sp³-hybridized carbons (Fsp3) is 0.222. The molecule has 0 saturated heterocycles. The van der Waals surface area contributed by atoms with Gasteiger partial charge in [0, 0.05) is 15.1 Å². The van der Waals surface area contributed by atoms with Gasteiger partial charge < -0.3 is 10.2 Å². The van der Waals surface area contributed by atoms with Crippen molar-refractivity contribution in [2.45, 2.75) is 12.5 Å². The number of halogens is 2. The highest BCUT2D eigenvalue weighted by atomic mass is 79.9. The standard InChI is InChI=1S/C9H8BrClO3/c10-5-2-1-3-6(11)9(5)7(12)4-8(13)14/h1-3,7,12H,4H2,(H,13,14). The number of carboxylic acids is 1. The predicted molar refractivity (Wildman–Crippen MR) is 56.4 cm³/mol. The van der Waals surface area contributed by atoms with Crippen LogP contribution in [-0.2, 0) is 4.79 Å². The van der Waals surface area contributed by atoms with Crippen molar-refractivity contribution in [3.8, 4) is 0 Å². The molecule has 0 heterocycles. The quantitative estimate of drug-likeness (QED) is 0.894. The first-order valence-corrected chi connectivity index (χ1v) is 5.03. The molecule has 1 rings (SSSR count). The van der Waals surface area contributed by atoms with E-state index in [1.54, 1.807) is 18.2 Å². The minimum Gasteiger partial charge on any atom is -0.481 e. The normalized spacial score (nSPS) is 12.5. The third kappa shape index (κ3) is 2.70. The summed E-state index contributed by atoms with van der Waals surface area (Å²) < 4.78 is 0.610. The summed E-state index contributed by atoms with van der Waals surface area (Å²) in [5.41, 5.74) is 0.413. The highest BCUT2D eigenvalue weighted by Crippen LogP contribution is 2.31. The van der Waals surface area contributed by atoms with Crippen LogP contribution >= 0.6 is 27.5 Å². The Labute approximate surface area is 94.4 Å². The molecular formula is C9H8BrClO3. The maximum Gasteiger partial charge on any atom is 0.306 e. The Kier molecular flexibility index (Phi) is 3.92. The van der Waals surface area contributed by atoms with E-state index in [2.05, 4.69) is 15.9 Å². The highest BCUT2D eigenvalue weighted by Gasteiger charge is 2.17. The Hall–Kier alpha value is -0.580. The van der Waals surface area contributed by atoms with Crippen LogP contribution in [0.4, 0.5) is 0 Å². The van der Waals surface area contributed by atoms with Crippen LogP contribution in [0, 0.1) is 0 Å². The molecule has 0 aliphatic carbocycles. The molecule has 2 N–H and O–H groups in total. The molecule has 0 saturated carbocycles. The van der Waals surface area contributed by atoms with Crippen LogP contribution in [0.25, 0.3) is 0 Å². The molecule has 1 unspecified atom stereocenters. The molecule has 0 aromatic heterocycles. The van der Waals surface area contributed by atoms with Gasteiger partial charge in [-0.2, -0.15) is 0 Å². The molecule has 3 nitrogen and oxygen atoms in total. The molecule has 0 bridgehead atoms. The van der Waals surface area contributed by atoms with Gasteiger partial charge in [0.1, 0.15) is 0 Å². The number of aliphatic carboxylic acids is 1. The van der Waals surface area contributed by atoms with E-state index in [4.69, 9.17) is 16.7 Å². The lowest BCUT2D eigenvalue weighted by Gasteiger charge is -2.12. The third-order valence-electron chi connectivity index (χ3n) is 1.70. The van der Waals surface area contributed by atoms with Gasteiger partial charge in [-0.05, 0) is 12.1 Å². The summed E-state index contributed by atoms with van der Waals surface area (Å²) in [7, 11) is 0.